The van der Waals surface area contributed by atoms with E-state index in [0.717, 1.165) is 5.69 Å². The van der Waals surface area contributed by atoms with Gasteiger partial charge in [0.15, 0.2) is 0 Å². The molecule has 1 aromatic heterocycles. The topological polar surface area (TPSA) is 62.4 Å². The molecule has 82 valence electrons. The molecule has 0 spiro atoms. The maximum Gasteiger partial charge on any atom is 0.122 e. The van der Waals surface area contributed by atoms with Gasteiger partial charge in [-0.1, -0.05) is 12.2 Å². The van der Waals surface area contributed by atoms with Crippen LogP contribution in [0.4, 0.5) is 5.69 Å². The molecular formula is C10H15N3OS. The number of rotatable bonds is 4. The maximum atomic E-state index is 9.04. The van der Waals surface area contributed by atoms with Crippen LogP contribution in [0.25, 0.3) is 0 Å². The lowest BCUT2D eigenvalue weighted by Gasteiger charge is -2.25. The fraction of sp³-hybridized carbons (Fsp3) is 0.400. The van der Waals surface area contributed by atoms with Crippen molar-refractivity contribution in [1.82, 2.24) is 4.98 Å². The summed E-state index contributed by atoms with van der Waals surface area (Å²) >= 11 is 4.85. The molecule has 0 amide bonds. The minimum atomic E-state index is 0.0478. The fourth-order valence-electron chi connectivity index (χ4n) is 1.15. The Bertz CT molecular complexity index is 356. The highest BCUT2D eigenvalue weighted by atomic mass is 32.1. The van der Waals surface area contributed by atoms with E-state index in [1.807, 2.05) is 31.0 Å². The van der Waals surface area contributed by atoms with Gasteiger partial charge in [-0.2, -0.15) is 0 Å². The van der Waals surface area contributed by atoms with E-state index in [4.69, 9.17) is 23.1 Å². The largest absolute Gasteiger partial charge is 0.394 e. The molecule has 4 nitrogen and oxygen atoms in total. The minimum Gasteiger partial charge on any atom is -0.394 e. The van der Waals surface area contributed by atoms with E-state index >= 15 is 0 Å². The Balaban J connectivity index is 2.94. The molecule has 3 N–H and O–H groups in total. The van der Waals surface area contributed by atoms with Gasteiger partial charge in [0.05, 0.1) is 12.3 Å². The summed E-state index contributed by atoms with van der Waals surface area (Å²) in [6, 6.07) is 3.72. The van der Waals surface area contributed by atoms with Gasteiger partial charge in [-0.15, -0.1) is 0 Å². The average Bonchev–Trinajstić information content (AvgIpc) is 2.27. The average molecular weight is 225 g/mol. The molecule has 0 radical (unpaired) electrons. The van der Waals surface area contributed by atoms with Crippen molar-refractivity contribution < 1.29 is 5.11 Å². The number of aliphatic hydroxyl groups excluding tert-OH is 1. The van der Waals surface area contributed by atoms with Crippen LogP contribution >= 0.6 is 12.2 Å². The van der Waals surface area contributed by atoms with Gasteiger partial charge in [0.2, 0.25) is 0 Å². The zero-order valence-electron chi connectivity index (χ0n) is 8.84. The maximum absolute atomic E-state index is 9.04. The summed E-state index contributed by atoms with van der Waals surface area (Å²) in [4.78, 5) is 6.28. The zero-order chi connectivity index (χ0) is 11.4. The highest BCUT2D eigenvalue weighted by Gasteiger charge is 2.09. The summed E-state index contributed by atoms with van der Waals surface area (Å²) in [5.74, 6) is 0. The van der Waals surface area contributed by atoms with E-state index in [1.165, 1.54) is 0 Å². The van der Waals surface area contributed by atoms with Crippen LogP contribution < -0.4 is 10.6 Å². The van der Waals surface area contributed by atoms with Crippen LogP contribution in [0.15, 0.2) is 18.3 Å². The molecule has 1 atom stereocenters. The highest BCUT2D eigenvalue weighted by Crippen LogP contribution is 2.15. The Labute approximate surface area is 94.7 Å². The van der Waals surface area contributed by atoms with Crippen molar-refractivity contribution >= 4 is 22.9 Å². The Hall–Kier alpha value is -1.20. The second kappa shape index (κ2) is 5.04. The minimum absolute atomic E-state index is 0.0478. The molecule has 1 rings (SSSR count). The van der Waals surface area contributed by atoms with Gasteiger partial charge in [0.25, 0.3) is 0 Å². The van der Waals surface area contributed by atoms with Gasteiger partial charge in [-0.05, 0) is 19.1 Å². The smallest absolute Gasteiger partial charge is 0.122 e. The molecule has 15 heavy (non-hydrogen) atoms. The molecule has 0 aromatic carbocycles. The first kappa shape index (κ1) is 11.9. The Morgan fingerprint density at radius 2 is 2.40 bits per heavy atom. The number of nitrogens with zero attached hydrogens (tertiary/aromatic N) is 2. The van der Waals surface area contributed by atoms with E-state index in [9.17, 15) is 0 Å². The van der Waals surface area contributed by atoms with E-state index in [1.54, 1.807) is 6.20 Å². The number of anilines is 1. The summed E-state index contributed by atoms with van der Waals surface area (Å²) < 4.78 is 0. The van der Waals surface area contributed by atoms with Crippen LogP contribution in [-0.2, 0) is 0 Å². The lowest BCUT2D eigenvalue weighted by molar-refractivity contribution is 0.270. The summed E-state index contributed by atoms with van der Waals surface area (Å²) in [6.07, 6.45) is 1.66. The van der Waals surface area contributed by atoms with Crippen LogP contribution in [0.2, 0.25) is 0 Å². The normalized spacial score (nSPS) is 12.2. The van der Waals surface area contributed by atoms with Crippen molar-refractivity contribution in [2.45, 2.75) is 13.0 Å². The molecule has 1 aromatic rings. The number of aromatic nitrogens is 1. The van der Waals surface area contributed by atoms with Gasteiger partial charge in [-0.3, -0.25) is 4.98 Å². The molecular weight excluding hydrogens is 210 g/mol. The standard InChI is InChI=1S/C10H15N3OS/c1-7(6-14)13(2)8-3-4-12-9(5-8)10(11)15/h3-5,7,14H,6H2,1-2H3,(H2,11,15). The second-order valence-corrected chi connectivity index (χ2v) is 3.85. The van der Waals surface area contributed by atoms with Crippen LogP contribution in [0.3, 0.4) is 0 Å². The molecule has 1 heterocycles. The summed E-state index contributed by atoms with van der Waals surface area (Å²) in [5.41, 5.74) is 7.03. The van der Waals surface area contributed by atoms with Crippen LogP contribution in [0.5, 0.6) is 0 Å². The predicted molar refractivity (Wildman–Crippen MR) is 65.1 cm³/mol. The lowest BCUT2D eigenvalue weighted by Crippen LogP contribution is -2.32. The Morgan fingerprint density at radius 1 is 1.73 bits per heavy atom. The number of nitrogens with two attached hydrogens (primary N) is 1. The van der Waals surface area contributed by atoms with Gasteiger partial charge in [-0.25, -0.2) is 0 Å². The number of aliphatic hydroxyl groups is 1. The SMILES string of the molecule is CC(CO)N(C)c1ccnc(C(N)=S)c1. The van der Waals surface area contributed by atoms with Crippen molar-refractivity contribution in [1.29, 1.82) is 0 Å². The highest BCUT2D eigenvalue weighted by molar-refractivity contribution is 7.80. The molecule has 0 aliphatic rings. The lowest BCUT2D eigenvalue weighted by atomic mass is 10.2. The number of pyridine rings is 1. The number of hydrogen-bond donors (Lipinski definition) is 2. The van der Waals surface area contributed by atoms with Gasteiger partial charge in [0, 0.05) is 25.0 Å². The van der Waals surface area contributed by atoms with E-state index in [0.29, 0.717) is 5.69 Å². The van der Waals surface area contributed by atoms with Gasteiger partial charge in [0.1, 0.15) is 4.99 Å². The van der Waals surface area contributed by atoms with E-state index < -0.39 is 0 Å². The van der Waals surface area contributed by atoms with Crippen molar-refractivity contribution in [3.63, 3.8) is 0 Å². The van der Waals surface area contributed by atoms with Gasteiger partial charge < -0.3 is 15.7 Å². The molecule has 5 heteroatoms. The molecule has 1 unspecified atom stereocenters. The predicted octanol–water partition coefficient (Wildman–Crippen LogP) is 0.533. The molecule has 0 saturated carbocycles. The quantitative estimate of drug-likeness (QED) is 0.732. The van der Waals surface area contributed by atoms with Crippen LogP contribution in [0.1, 0.15) is 12.6 Å². The molecule has 0 saturated heterocycles. The van der Waals surface area contributed by atoms with Crippen LogP contribution in [0, 0.1) is 0 Å². The monoisotopic (exact) mass is 225 g/mol. The molecule has 0 fully saturated rings. The molecule has 0 aliphatic carbocycles. The third-order valence-corrected chi connectivity index (χ3v) is 2.54. The zero-order valence-corrected chi connectivity index (χ0v) is 9.66. The van der Waals surface area contributed by atoms with Crippen LogP contribution in [-0.4, -0.2) is 34.8 Å². The Morgan fingerprint density at radius 3 is 2.93 bits per heavy atom. The fourth-order valence-corrected chi connectivity index (χ4v) is 1.26. The molecule has 0 aliphatic heterocycles. The van der Waals surface area contributed by atoms with Crippen molar-refractivity contribution in [3.8, 4) is 0 Å². The first-order valence-electron chi connectivity index (χ1n) is 4.65. The van der Waals surface area contributed by atoms with Gasteiger partial charge >= 0.3 is 0 Å². The van der Waals surface area contributed by atoms with E-state index in [-0.39, 0.29) is 17.6 Å². The summed E-state index contributed by atoms with van der Waals surface area (Å²) in [6.45, 7) is 2.03. The number of likely N-dealkylation sites (N-methyl/N-ethyl adjacent to an activating group) is 1. The third-order valence-electron chi connectivity index (χ3n) is 2.33. The van der Waals surface area contributed by atoms with Crippen molar-refractivity contribution in [3.05, 3.63) is 24.0 Å². The molecule has 0 bridgehead atoms. The first-order chi connectivity index (χ1) is 7.06. The van der Waals surface area contributed by atoms with Crippen molar-refractivity contribution in [2.75, 3.05) is 18.6 Å². The Kier molecular flexibility index (Phi) is 3.99. The number of hydrogen-bond acceptors (Lipinski definition) is 4. The third kappa shape index (κ3) is 2.87. The summed E-state index contributed by atoms with van der Waals surface area (Å²) in [5, 5.41) is 9.04. The van der Waals surface area contributed by atoms with E-state index in [2.05, 4.69) is 4.98 Å². The first-order valence-corrected chi connectivity index (χ1v) is 5.06. The number of thiocarbonyl (C=S) groups is 1. The second-order valence-electron chi connectivity index (χ2n) is 3.41. The summed E-state index contributed by atoms with van der Waals surface area (Å²) in [7, 11) is 1.90. The van der Waals surface area contributed by atoms with Crippen molar-refractivity contribution in [2.24, 2.45) is 5.73 Å².